The molecule has 2 N–H and O–H groups in total. The summed E-state index contributed by atoms with van der Waals surface area (Å²) in [6.45, 7) is 8.18. The molecule has 222 valence electrons. The Balaban J connectivity index is 1.55. The van der Waals surface area contributed by atoms with Crippen LogP contribution >= 0.6 is 0 Å². The number of aliphatic hydroxyl groups is 1. The van der Waals surface area contributed by atoms with Crippen LogP contribution in [-0.2, 0) is 21.1 Å². The average molecular weight is 588 g/mol. The van der Waals surface area contributed by atoms with E-state index >= 15 is 4.39 Å². The number of nitrogens with one attached hydrogen (secondary N) is 1. The maximum absolute atomic E-state index is 15.1. The van der Waals surface area contributed by atoms with Crippen LogP contribution in [0.25, 0.3) is 22.2 Å². The van der Waals surface area contributed by atoms with E-state index in [1.165, 1.54) is 6.26 Å². The van der Waals surface area contributed by atoms with Crippen LogP contribution in [0.1, 0.15) is 50.4 Å². The molecule has 1 aromatic carbocycles. The van der Waals surface area contributed by atoms with Gasteiger partial charge >= 0.3 is 0 Å². The lowest BCUT2D eigenvalue weighted by atomic mass is 10.0. The molecule has 4 heterocycles. The number of likely N-dealkylation sites (tertiary alicyclic amines) is 1. The van der Waals surface area contributed by atoms with Crippen LogP contribution in [0.5, 0.6) is 0 Å². The first-order chi connectivity index (χ1) is 19.4. The molecule has 0 amide bonds. The molecule has 2 saturated heterocycles. The Morgan fingerprint density at radius 1 is 1.27 bits per heavy atom. The van der Waals surface area contributed by atoms with Crippen LogP contribution in [-0.4, -0.2) is 82.9 Å². The number of ether oxygens (including phenoxy) is 1. The van der Waals surface area contributed by atoms with E-state index in [1.54, 1.807) is 18.2 Å². The largest absolute Gasteiger partial charge is 0.389 e. The molecule has 41 heavy (non-hydrogen) atoms. The van der Waals surface area contributed by atoms with Crippen molar-refractivity contribution in [3.05, 3.63) is 51.7 Å². The number of anilines is 1. The molecule has 0 spiro atoms. The number of benzene rings is 1. The number of hydrogen-bond donors (Lipinski definition) is 2. The van der Waals surface area contributed by atoms with Crippen molar-refractivity contribution in [2.75, 3.05) is 37.9 Å². The predicted octanol–water partition coefficient (Wildman–Crippen LogP) is 3.06. The van der Waals surface area contributed by atoms with Gasteiger partial charge in [-0.05, 0) is 58.7 Å². The summed E-state index contributed by atoms with van der Waals surface area (Å²) in [5, 5.41) is 13.4. The number of hydrogen-bond acceptors (Lipinski definition) is 9. The van der Waals surface area contributed by atoms with Gasteiger partial charge in [0, 0.05) is 54.2 Å². The van der Waals surface area contributed by atoms with Crippen molar-refractivity contribution < 1.29 is 22.7 Å². The zero-order valence-electron chi connectivity index (χ0n) is 23.9. The van der Waals surface area contributed by atoms with Gasteiger partial charge in [-0.25, -0.2) is 22.8 Å². The fourth-order valence-corrected chi connectivity index (χ4v) is 7.00. The van der Waals surface area contributed by atoms with E-state index in [2.05, 4.69) is 24.8 Å². The summed E-state index contributed by atoms with van der Waals surface area (Å²) >= 11 is 0. The van der Waals surface area contributed by atoms with Crippen molar-refractivity contribution in [1.82, 2.24) is 19.4 Å². The Labute approximate surface area is 239 Å². The second-order valence-corrected chi connectivity index (χ2v) is 13.8. The molecule has 0 bridgehead atoms. The maximum Gasteiger partial charge on any atom is 0.223 e. The van der Waals surface area contributed by atoms with E-state index in [4.69, 9.17) is 4.74 Å². The van der Waals surface area contributed by atoms with Gasteiger partial charge in [-0.2, -0.15) is 0 Å². The van der Waals surface area contributed by atoms with E-state index in [1.807, 2.05) is 20.8 Å². The molecule has 3 atom stereocenters. The van der Waals surface area contributed by atoms with E-state index in [0.717, 1.165) is 24.9 Å². The van der Waals surface area contributed by atoms with Crippen molar-refractivity contribution >= 4 is 26.7 Å². The molecule has 3 aromatic rings. The molecule has 2 aliphatic rings. The molecule has 0 unspecified atom stereocenters. The quantitative estimate of drug-likeness (QED) is 0.429. The molecule has 2 aliphatic heterocycles. The third kappa shape index (κ3) is 6.15. The summed E-state index contributed by atoms with van der Waals surface area (Å²) in [7, 11) is -3.17. The highest BCUT2D eigenvalue weighted by molar-refractivity contribution is 7.91. The number of halogens is 1. The third-order valence-electron chi connectivity index (χ3n) is 8.18. The van der Waals surface area contributed by atoms with E-state index < -0.39 is 27.0 Å². The number of nitrogens with zero attached hydrogens (tertiary/aromatic N) is 4. The van der Waals surface area contributed by atoms with Crippen LogP contribution in [0.3, 0.4) is 0 Å². The average Bonchev–Trinajstić information content (AvgIpc) is 2.93. The lowest BCUT2D eigenvalue weighted by Gasteiger charge is -2.33. The standard InChI is InChI=1S/C29H38FN5O5S/c1-17(2)35-24-12-19(27-22(30)13-31-29(33-27)32-23-9-11-40-16-26(23)36)7-8-21(24)28(37)18(3)25(35)15-34-10-5-6-20(14-34)41(4,38)39/h7-8,12-13,17,20,23,26,36H,5-6,9-11,14-16H2,1-4H3,(H,31,32,33)/t20-,23-,26-/m1/s1. The van der Waals surface area contributed by atoms with Crippen molar-refractivity contribution in [2.24, 2.45) is 0 Å². The fourth-order valence-electron chi connectivity index (χ4n) is 5.93. The highest BCUT2D eigenvalue weighted by Crippen LogP contribution is 2.29. The van der Waals surface area contributed by atoms with Crippen molar-refractivity contribution in [3.8, 4) is 11.3 Å². The first-order valence-corrected chi connectivity index (χ1v) is 16.0. The SMILES string of the molecule is Cc1c(CN2CCC[C@@H](S(C)(=O)=O)C2)n(C(C)C)c2cc(-c3nc(N[C@@H]4CCOC[C@H]4O)ncc3F)ccc2c1=O. The summed E-state index contributed by atoms with van der Waals surface area (Å²) in [6, 6.07) is 4.84. The second kappa shape index (κ2) is 11.7. The summed E-state index contributed by atoms with van der Waals surface area (Å²) < 4.78 is 47.0. The molecule has 2 fully saturated rings. The highest BCUT2D eigenvalue weighted by Gasteiger charge is 2.29. The van der Waals surface area contributed by atoms with Gasteiger partial charge < -0.3 is 19.7 Å². The number of rotatable bonds is 7. The smallest absolute Gasteiger partial charge is 0.223 e. The monoisotopic (exact) mass is 587 g/mol. The molecule has 10 nitrogen and oxygen atoms in total. The Morgan fingerprint density at radius 3 is 2.76 bits per heavy atom. The molecule has 0 saturated carbocycles. The molecular weight excluding hydrogens is 549 g/mol. The summed E-state index contributed by atoms with van der Waals surface area (Å²) in [4.78, 5) is 24.2. The first-order valence-electron chi connectivity index (χ1n) is 14.1. The Kier molecular flexibility index (Phi) is 8.47. The fraction of sp³-hybridized carbons (Fsp3) is 0.552. The van der Waals surface area contributed by atoms with Gasteiger partial charge in [-0.3, -0.25) is 9.69 Å². The molecule has 5 rings (SSSR count). The van der Waals surface area contributed by atoms with Crippen molar-refractivity contribution in [2.45, 2.75) is 70.0 Å². The molecule has 0 radical (unpaired) electrons. The van der Waals surface area contributed by atoms with Crippen molar-refractivity contribution in [1.29, 1.82) is 0 Å². The number of aromatic nitrogens is 3. The van der Waals surface area contributed by atoms with Gasteiger partial charge in [0.2, 0.25) is 5.95 Å². The van der Waals surface area contributed by atoms with Gasteiger partial charge in [0.1, 0.15) is 5.69 Å². The Hall–Kier alpha value is -2.93. The van der Waals surface area contributed by atoms with E-state index in [9.17, 15) is 18.3 Å². The zero-order valence-corrected chi connectivity index (χ0v) is 24.7. The van der Waals surface area contributed by atoms with Gasteiger partial charge in [0.05, 0.1) is 35.7 Å². The van der Waals surface area contributed by atoms with Gasteiger partial charge in [0.15, 0.2) is 21.1 Å². The number of piperidine rings is 1. The van der Waals surface area contributed by atoms with Gasteiger partial charge in [-0.1, -0.05) is 6.07 Å². The van der Waals surface area contributed by atoms with E-state index in [0.29, 0.717) is 54.6 Å². The van der Waals surface area contributed by atoms with Crippen LogP contribution in [0, 0.1) is 12.7 Å². The second-order valence-electron chi connectivity index (χ2n) is 11.5. The van der Waals surface area contributed by atoms with Crippen LogP contribution in [0.15, 0.2) is 29.2 Å². The summed E-state index contributed by atoms with van der Waals surface area (Å²) in [5.41, 5.74) is 2.58. The minimum absolute atomic E-state index is 0.0278. The minimum Gasteiger partial charge on any atom is -0.389 e. The zero-order chi connectivity index (χ0) is 29.5. The number of sulfone groups is 1. The van der Waals surface area contributed by atoms with Crippen LogP contribution < -0.4 is 10.7 Å². The molecule has 0 aliphatic carbocycles. The normalized spacial score (nSPS) is 22.4. The maximum atomic E-state index is 15.1. The number of fused-ring (bicyclic) bond motifs is 1. The Bertz CT molecular complexity index is 1610. The molecule has 12 heteroatoms. The highest BCUT2D eigenvalue weighted by atomic mass is 32.2. The Morgan fingerprint density at radius 2 is 2.05 bits per heavy atom. The van der Waals surface area contributed by atoms with Gasteiger partial charge in [-0.15, -0.1) is 0 Å². The first kappa shape index (κ1) is 29.6. The topological polar surface area (TPSA) is 127 Å². The lowest BCUT2D eigenvalue weighted by Crippen LogP contribution is -2.42. The minimum atomic E-state index is -3.17. The molecular formula is C29H38FN5O5S. The van der Waals surface area contributed by atoms with Gasteiger partial charge in [0.25, 0.3) is 0 Å². The number of aliphatic hydroxyl groups excluding tert-OH is 1. The third-order valence-corrected chi connectivity index (χ3v) is 9.78. The van der Waals surface area contributed by atoms with Crippen LogP contribution in [0.4, 0.5) is 10.3 Å². The summed E-state index contributed by atoms with van der Waals surface area (Å²) in [6.07, 6.45) is 3.64. The van der Waals surface area contributed by atoms with E-state index in [-0.39, 0.29) is 35.8 Å². The molecule has 2 aromatic heterocycles. The lowest BCUT2D eigenvalue weighted by molar-refractivity contribution is -0.0136. The van der Waals surface area contributed by atoms with Crippen LogP contribution in [0.2, 0.25) is 0 Å². The number of pyridine rings is 1. The van der Waals surface area contributed by atoms with Crippen molar-refractivity contribution in [3.63, 3.8) is 0 Å². The summed E-state index contributed by atoms with van der Waals surface area (Å²) in [5.74, 6) is -0.405. The predicted molar refractivity (Wildman–Crippen MR) is 156 cm³/mol.